The highest BCUT2D eigenvalue weighted by atomic mass is 32.1. The third-order valence-corrected chi connectivity index (χ3v) is 6.26. The molecule has 0 N–H and O–H groups in total. The number of thiazole rings is 1. The zero-order valence-electron chi connectivity index (χ0n) is 18.0. The molecule has 0 aliphatic heterocycles. The standard InChI is InChI=1S/C22H26N6OS/c1-14(2)17-7-6-8-19-20(17)24-22(30-19)27(21(29)18-9-10-23-26(18)5)11-12-28-16(4)13-15(3)25-28/h6-10,13-14H,11-12H2,1-5H3. The first-order valence-corrected chi connectivity index (χ1v) is 10.9. The first kappa shape index (κ1) is 20.3. The van der Waals surface area contributed by atoms with Crippen LogP contribution in [0.4, 0.5) is 5.13 Å². The van der Waals surface area contributed by atoms with E-state index < -0.39 is 0 Å². The van der Waals surface area contributed by atoms with Crippen LogP contribution in [0.25, 0.3) is 10.2 Å². The van der Waals surface area contributed by atoms with Crippen molar-refractivity contribution in [1.29, 1.82) is 0 Å². The summed E-state index contributed by atoms with van der Waals surface area (Å²) < 4.78 is 4.63. The number of aryl methyl sites for hydroxylation is 3. The van der Waals surface area contributed by atoms with Gasteiger partial charge in [-0.3, -0.25) is 19.1 Å². The van der Waals surface area contributed by atoms with Crippen LogP contribution in [-0.4, -0.2) is 37.0 Å². The molecule has 0 aliphatic rings. The smallest absolute Gasteiger partial charge is 0.278 e. The molecule has 3 heterocycles. The fraction of sp³-hybridized carbons (Fsp3) is 0.364. The molecule has 0 saturated heterocycles. The van der Waals surface area contributed by atoms with Gasteiger partial charge in [0, 0.05) is 25.5 Å². The number of carbonyl (C=O) groups excluding carboxylic acids is 1. The lowest BCUT2D eigenvalue weighted by atomic mass is 10.0. The zero-order valence-corrected chi connectivity index (χ0v) is 18.8. The van der Waals surface area contributed by atoms with Crippen molar-refractivity contribution in [1.82, 2.24) is 24.5 Å². The maximum absolute atomic E-state index is 13.4. The molecule has 0 radical (unpaired) electrons. The van der Waals surface area contributed by atoms with Gasteiger partial charge in [-0.25, -0.2) is 4.98 Å². The lowest BCUT2D eigenvalue weighted by Crippen LogP contribution is -2.35. The molecule has 0 spiro atoms. The van der Waals surface area contributed by atoms with Crippen LogP contribution < -0.4 is 4.90 Å². The molecule has 30 heavy (non-hydrogen) atoms. The van der Waals surface area contributed by atoms with Gasteiger partial charge in [0.25, 0.3) is 5.91 Å². The van der Waals surface area contributed by atoms with Crippen molar-refractivity contribution in [3.8, 4) is 0 Å². The number of hydrogen-bond donors (Lipinski definition) is 0. The minimum absolute atomic E-state index is 0.110. The van der Waals surface area contributed by atoms with E-state index in [1.807, 2.05) is 24.6 Å². The number of para-hydroxylation sites is 1. The molecule has 4 rings (SSSR count). The van der Waals surface area contributed by atoms with Gasteiger partial charge in [0.05, 0.1) is 22.5 Å². The van der Waals surface area contributed by atoms with Crippen LogP contribution in [0.5, 0.6) is 0 Å². The van der Waals surface area contributed by atoms with Crippen molar-refractivity contribution in [2.45, 2.75) is 40.2 Å². The molecular weight excluding hydrogens is 396 g/mol. The second kappa shape index (κ2) is 8.02. The molecule has 1 amide bonds. The Bertz CT molecular complexity index is 1200. The van der Waals surface area contributed by atoms with E-state index in [1.54, 1.807) is 40.2 Å². The fourth-order valence-corrected chi connectivity index (χ4v) is 4.67. The molecule has 0 fully saturated rings. The van der Waals surface area contributed by atoms with Crippen molar-refractivity contribution in [2.75, 3.05) is 11.4 Å². The molecule has 0 atom stereocenters. The number of carbonyl (C=O) groups is 1. The van der Waals surface area contributed by atoms with E-state index in [9.17, 15) is 4.79 Å². The van der Waals surface area contributed by atoms with Gasteiger partial charge in [-0.2, -0.15) is 10.2 Å². The lowest BCUT2D eigenvalue weighted by Gasteiger charge is -2.20. The average Bonchev–Trinajstić information content (AvgIpc) is 3.39. The van der Waals surface area contributed by atoms with Crippen molar-refractivity contribution in [3.05, 3.63) is 59.2 Å². The maximum Gasteiger partial charge on any atom is 0.278 e. The Morgan fingerprint density at radius 2 is 2.03 bits per heavy atom. The summed E-state index contributed by atoms with van der Waals surface area (Å²) in [5.74, 6) is 0.251. The van der Waals surface area contributed by atoms with Crippen molar-refractivity contribution < 1.29 is 4.79 Å². The number of benzene rings is 1. The normalized spacial score (nSPS) is 11.5. The van der Waals surface area contributed by atoms with Gasteiger partial charge >= 0.3 is 0 Å². The number of nitrogens with zero attached hydrogens (tertiary/aromatic N) is 6. The largest absolute Gasteiger partial charge is 0.281 e. The Morgan fingerprint density at radius 3 is 2.67 bits per heavy atom. The highest BCUT2D eigenvalue weighted by Gasteiger charge is 2.24. The first-order valence-electron chi connectivity index (χ1n) is 10.1. The fourth-order valence-electron chi connectivity index (χ4n) is 3.64. The molecule has 0 aliphatic carbocycles. The van der Waals surface area contributed by atoms with E-state index in [-0.39, 0.29) is 5.91 Å². The van der Waals surface area contributed by atoms with Gasteiger partial charge in [-0.05, 0) is 43.5 Å². The Hall–Kier alpha value is -3.00. The summed E-state index contributed by atoms with van der Waals surface area (Å²) in [7, 11) is 1.78. The topological polar surface area (TPSA) is 68.8 Å². The predicted molar refractivity (Wildman–Crippen MR) is 120 cm³/mol. The van der Waals surface area contributed by atoms with Crippen LogP contribution in [0.15, 0.2) is 36.5 Å². The van der Waals surface area contributed by atoms with E-state index in [1.165, 1.54) is 5.56 Å². The Balaban J connectivity index is 1.74. The van der Waals surface area contributed by atoms with Crippen LogP contribution in [0.3, 0.4) is 0 Å². The third-order valence-electron chi connectivity index (χ3n) is 5.22. The minimum atomic E-state index is -0.110. The second-order valence-electron chi connectivity index (χ2n) is 7.79. The molecule has 4 aromatic rings. The highest BCUT2D eigenvalue weighted by molar-refractivity contribution is 7.22. The van der Waals surface area contributed by atoms with Crippen LogP contribution in [-0.2, 0) is 13.6 Å². The second-order valence-corrected chi connectivity index (χ2v) is 8.80. The Kier molecular flexibility index (Phi) is 5.42. The van der Waals surface area contributed by atoms with E-state index in [4.69, 9.17) is 4.98 Å². The molecule has 7 nitrogen and oxygen atoms in total. The van der Waals surface area contributed by atoms with E-state index in [0.717, 1.165) is 21.6 Å². The quantitative estimate of drug-likeness (QED) is 0.464. The van der Waals surface area contributed by atoms with Gasteiger partial charge in [0.1, 0.15) is 5.69 Å². The summed E-state index contributed by atoms with van der Waals surface area (Å²) in [6.07, 6.45) is 1.64. The lowest BCUT2D eigenvalue weighted by molar-refractivity contribution is 0.0976. The van der Waals surface area contributed by atoms with Crippen molar-refractivity contribution in [3.63, 3.8) is 0 Å². The summed E-state index contributed by atoms with van der Waals surface area (Å²) in [5, 5.41) is 9.40. The van der Waals surface area contributed by atoms with Gasteiger partial charge in [-0.15, -0.1) is 0 Å². The van der Waals surface area contributed by atoms with Crippen LogP contribution in [0.2, 0.25) is 0 Å². The number of anilines is 1. The van der Waals surface area contributed by atoms with Crippen LogP contribution >= 0.6 is 11.3 Å². The maximum atomic E-state index is 13.4. The highest BCUT2D eigenvalue weighted by Crippen LogP contribution is 2.34. The summed E-state index contributed by atoms with van der Waals surface area (Å²) in [5.41, 5.74) is 4.75. The summed E-state index contributed by atoms with van der Waals surface area (Å²) >= 11 is 1.55. The van der Waals surface area contributed by atoms with Gasteiger partial charge in [0.2, 0.25) is 0 Å². The molecule has 0 saturated carbocycles. The van der Waals surface area contributed by atoms with Crippen molar-refractivity contribution in [2.24, 2.45) is 7.05 Å². The van der Waals surface area contributed by atoms with E-state index in [0.29, 0.717) is 29.8 Å². The number of hydrogen-bond acceptors (Lipinski definition) is 5. The summed E-state index contributed by atoms with van der Waals surface area (Å²) in [6, 6.07) is 10.0. The molecule has 156 valence electrons. The molecular formula is C22H26N6OS. The number of fused-ring (bicyclic) bond motifs is 1. The third kappa shape index (κ3) is 3.75. The van der Waals surface area contributed by atoms with Crippen molar-refractivity contribution >= 4 is 32.6 Å². The predicted octanol–water partition coefficient (Wildman–Crippen LogP) is 4.31. The molecule has 1 aromatic carbocycles. The summed E-state index contributed by atoms with van der Waals surface area (Å²) in [4.78, 5) is 20.1. The molecule has 8 heteroatoms. The molecule has 3 aromatic heterocycles. The van der Waals surface area contributed by atoms with Gasteiger partial charge < -0.3 is 0 Å². The number of rotatable bonds is 6. The Morgan fingerprint density at radius 1 is 1.23 bits per heavy atom. The number of aromatic nitrogens is 5. The molecule has 0 unspecified atom stereocenters. The van der Waals surface area contributed by atoms with E-state index >= 15 is 0 Å². The SMILES string of the molecule is Cc1cc(C)n(CCN(C(=O)c2ccnn2C)c2nc3c(C(C)C)cccc3s2)n1. The monoisotopic (exact) mass is 422 g/mol. The van der Waals surface area contributed by atoms with Gasteiger partial charge in [0.15, 0.2) is 5.13 Å². The average molecular weight is 423 g/mol. The Labute approximate surface area is 180 Å². The van der Waals surface area contributed by atoms with Crippen LogP contribution in [0.1, 0.15) is 47.2 Å². The minimum Gasteiger partial charge on any atom is -0.281 e. The van der Waals surface area contributed by atoms with Crippen LogP contribution in [0, 0.1) is 13.8 Å². The van der Waals surface area contributed by atoms with E-state index in [2.05, 4.69) is 42.2 Å². The number of amides is 1. The molecule has 0 bridgehead atoms. The first-order chi connectivity index (χ1) is 14.3. The summed E-state index contributed by atoms with van der Waals surface area (Å²) in [6.45, 7) is 9.40. The van der Waals surface area contributed by atoms with Gasteiger partial charge in [-0.1, -0.05) is 37.3 Å². The zero-order chi connectivity index (χ0) is 21.4.